The largest absolute Gasteiger partial charge is 0.421 e. The van der Waals surface area contributed by atoms with E-state index in [9.17, 15) is 4.79 Å². The molecule has 146 valence electrons. The zero-order valence-corrected chi connectivity index (χ0v) is 16.8. The maximum atomic E-state index is 12.9. The van der Waals surface area contributed by atoms with E-state index in [1.165, 1.54) is 5.56 Å². The van der Waals surface area contributed by atoms with Crippen molar-refractivity contribution < 1.29 is 9.21 Å². The molecule has 0 radical (unpaired) electrons. The van der Waals surface area contributed by atoms with Crippen molar-refractivity contribution in [3.63, 3.8) is 0 Å². The van der Waals surface area contributed by atoms with Crippen LogP contribution in [0.4, 0.5) is 0 Å². The third kappa shape index (κ3) is 5.06. The second kappa shape index (κ2) is 9.31. The molecule has 5 heteroatoms. The smallest absolute Gasteiger partial charge is 0.247 e. The number of aromatic nitrogens is 2. The SMILES string of the molecule is CCC(C)N(Cc1ccccc1)C(=O)CCc1nnc(-c2ccc(C)cc2)o1. The molecule has 3 rings (SSSR count). The minimum atomic E-state index is 0.105. The Morgan fingerprint density at radius 2 is 1.79 bits per heavy atom. The molecule has 0 aliphatic heterocycles. The van der Waals surface area contributed by atoms with Gasteiger partial charge in [0.25, 0.3) is 0 Å². The number of carbonyl (C=O) groups is 1. The lowest BCUT2D eigenvalue weighted by atomic mass is 10.1. The minimum absolute atomic E-state index is 0.105. The first-order valence-electron chi connectivity index (χ1n) is 9.79. The highest BCUT2D eigenvalue weighted by molar-refractivity contribution is 5.76. The van der Waals surface area contributed by atoms with E-state index in [1.54, 1.807) is 0 Å². The predicted octanol–water partition coefficient (Wildman–Crippen LogP) is 4.80. The summed E-state index contributed by atoms with van der Waals surface area (Å²) >= 11 is 0. The number of nitrogens with zero attached hydrogens (tertiary/aromatic N) is 3. The third-order valence-corrected chi connectivity index (χ3v) is 4.96. The fourth-order valence-corrected chi connectivity index (χ4v) is 3.02. The molecule has 0 aliphatic rings. The van der Waals surface area contributed by atoms with E-state index < -0.39 is 0 Å². The molecule has 0 saturated carbocycles. The average Bonchev–Trinajstić information content (AvgIpc) is 3.20. The average molecular weight is 377 g/mol. The van der Waals surface area contributed by atoms with Crippen molar-refractivity contribution in [2.45, 2.75) is 52.6 Å². The Balaban J connectivity index is 1.63. The Hall–Kier alpha value is -2.95. The highest BCUT2D eigenvalue weighted by atomic mass is 16.4. The quantitative estimate of drug-likeness (QED) is 0.565. The van der Waals surface area contributed by atoms with Gasteiger partial charge in [0, 0.05) is 31.0 Å². The molecule has 1 unspecified atom stereocenters. The van der Waals surface area contributed by atoms with Crippen molar-refractivity contribution in [2.75, 3.05) is 0 Å². The van der Waals surface area contributed by atoms with E-state index in [-0.39, 0.29) is 11.9 Å². The van der Waals surface area contributed by atoms with Crippen molar-refractivity contribution in [3.8, 4) is 11.5 Å². The number of hydrogen-bond acceptors (Lipinski definition) is 4. The lowest BCUT2D eigenvalue weighted by Crippen LogP contribution is -2.37. The van der Waals surface area contributed by atoms with Gasteiger partial charge in [-0.15, -0.1) is 10.2 Å². The molecule has 1 aromatic heterocycles. The summed E-state index contributed by atoms with van der Waals surface area (Å²) in [6.45, 7) is 6.84. The molecule has 1 heterocycles. The van der Waals surface area contributed by atoms with Gasteiger partial charge in [-0.3, -0.25) is 4.79 Å². The van der Waals surface area contributed by atoms with Gasteiger partial charge in [0.1, 0.15) is 0 Å². The number of hydrogen-bond donors (Lipinski definition) is 0. The summed E-state index contributed by atoms with van der Waals surface area (Å²) in [6, 6.07) is 18.2. The summed E-state index contributed by atoms with van der Waals surface area (Å²) in [5.74, 6) is 1.09. The summed E-state index contributed by atoms with van der Waals surface area (Å²) in [4.78, 5) is 14.8. The molecule has 0 spiro atoms. The predicted molar refractivity (Wildman–Crippen MR) is 110 cm³/mol. The Morgan fingerprint density at radius 1 is 1.07 bits per heavy atom. The second-order valence-corrected chi connectivity index (χ2v) is 7.13. The van der Waals surface area contributed by atoms with Gasteiger partial charge in [0.15, 0.2) is 0 Å². The third-order valence-electron chi connectivity index (χ3n) is 4.96. The molecule has 5 nitrogen and oxygen atoms in total. The van der Waals surface area contributed by atoms with Gasteiger partial charge in [-0.2, -0.15) is 0 Å². The van der Waals surface area contributed by atoms with Crippen LogP contribution in [-0.4, -0.2) is 27.0 Å². The second-order valence-electron chi connectivity index (χ2n) is 7.13. The van der Waals surface area contributed by atoms with Crippen molar-refractivity contribution in [2.24, 2.45) is 0 Å². The van der Waals surface area contributed by atoms with E-state index in [1.807, 2.05) is 54.3 Å². The molecule has 0 fully saturated rings. The van der Waals surface area contributed by atoms with Crippen LogP contribution in [0.25, 0.3) is 11.5 Å². The fraction of sp³-hybridized carbons (Fsp3) is 0.348. The normalized spacial score (nSPS) is 12.0. The lowest BCUT2D eigenvalue weighted by molar-refractivity contribution is -0.134. The van der Waals surface area contributed by atoms with Gasteiger partial charge >= 0.3 is 0 Å². The summed E-state index contributed by atoms with van der Waals surface area (Å²) in [5, 5.41) is 8.22. The molecule has 0 saturated heterocycles. The van der Waals surface area contributed by atoms with E-state index >= 15 is 0 Å². The Morgan fingerprint density at radius 3 is 2.46 bits per heavy atom. The van der Waals surface area contributed by atoms with E-state index in [0.29, 0.717) is 31.2 Å². The van der Waals surface area contributed by atoms with Gasteiger partial charge in [0.2, 0.25) is 17.7 Å². The maximum absolute atomic E-state index is 12.9. The van der Waals surface area contributed by atoms with Crippen LogP contribution in [0.1, 0.15) is 43.7 Å². The first kappa shape index (κ1) is 19.8. The summed E-state index contributed by atoms with van der Waals surface area (Å²) in [5.41, 5.74) is 3.20. The summed E-state index contributed by atoms with van der Waals surface area (Å²) < 4.78 is 5.75. The number of carbonyl (C=O) groups excluding carboxylic acids is 1. The highest BCUT2D eigenvalue weighted by Gasteiger charge is 2.20. The topological polar surface area (TPSA) is 59.2 Å². The number of benzene rings is 2. The van der Waals surface area contributed by atoms with Crippen LogP contribution >= 0.6 is 0 Å². The standard InChI is InChI=1S/C23H27N3O2/c1-4-18(3)26(16-19-8-6-5-7-9-19)22(27)15-14-21-24-25-23(28-21)20-12-10-17(2)11-13-20/h5-13,18H,4,14-16H2,1-3H3. The Kier molecular flexibility index (Phi) is 6.58. The van der Waals surface area contributed by atoms with Crippen LogP contribution < -0.4 is 0 Å². The van der Waals surface area contributed by atoms with Gasteiger partial charge in [-0.1, -0.05) is 55.0 Å². The van der Waals surface area contributed by atoms with Crippen LogP contribution in [0.2, 0.25) is 0 Å². The maximum Gasteiger partial charge on any atom is 0.247 e. The van der Waals surface area contributed by atoms with Crippen molar-refractivity contribution in [1.82, 2.24) is 15.1 Å². The van der Waals surface area contributed by atoms with Crippen LogP contribution in [0.5, 0.6) is 0 Å². The first-order valence-corrected chi connectivity index (χ1v) is 9.79. The molecule has 28 heavy (non-hydrogen) atoms. The van der Waals surface area contributed by atoms with Gasteiger partial charge in [-0.05, 0) is 38.0 Å². The molecule has 0 N–H and O–H groups in total. The zero-order chi connectivity index (χ0) is 19.9. The minimum Gasteiger partial charge on any atom is -0.421 e. The fourth-order valence-electron chi connectivity index (χ4n) is 3.02. The van der Waals surface area contributed by atoms with E-state index in [4.69, 9.17) is 4.42 Å². The summed E-state index contributed by atoms with van der Waals surface area (Å²) in [7, 11) is 0. The number of rotatable bonds is 8. The van der Waals surface area contributed by atoms with Gasteiger partial charge < -0.3 is 9.32 Å². The summed E-state index contributed by atoms with van der Waals surface area (Å²) in [6.07, 6.45) is 1.71. The molecule has 0 bridgehead atoms. The molecule has 0 aliphatic carbocycles. The molecular formula is C23H27N3O2. The molecule has 3 aromatic rings. The van der Waals surface area contributed by atoms with Gasteiger partial charge in [0.05, 0.1) is 0 Å². The number of amides is 1. The van der Waals surface area contributed by atoms with Gasteiger partial charge in [-0.25, -0.2) is 0 Å². The van der Waals surface area contributed by atoms with Crippen LogP contribution in [0.15, 0.2) is 59.0 Å². The number of aryl methyl sites for hydroxylation is 2. The Bertz CT molecular complexity index is 888. The van der Waals surface area contributed by atoms with Crippen LogP contribution in [0, 0.1) is 6.92 Å². The highest BCUT2D eigenvalue weighted by Crippen LogP contribution is 2.19. The van der Waals surface area contributed by atoms with E-state index in [0.717, 1.165) is 17.5 Å². The zero-order valence-electron chi connectivity index (χ0n) is 16.8. The van der Waals surface area contributed by atoms with Crippen LogP contribution in [-0.2, 0) is 17.8 Å². The van der Waals surface area contributed by atoms with Crippen molar-refractivity contribution >= 4 is 5.91 Å². The molecule has 1 atom stereocenters. The molecule has 1 amide bonds. The van der Waals surface area contributed by atoms with E-state index in [2.05, 4.69) is 36.2 Å². The van der Waals surface area contributed by atoms with Crippen molar-refractivity contribution in [3.05, 3.63) is 71.6 Å². The van der Waals surface area contributed by atoms with Crippen LogP contribution in [0.3, 0.4) is 0 Å². The molecule has 2 aromatic carbocycles. The van der Waals surface area contributed by atoms with Crippen molar-refractivity contribution in [1.29, 1.82) is 0 Å². The first-order chi connectivity index (χ1) is 13.6. The monoisotopic (exact) mass is 377 g/mol. The molecular weight excluding hydrogens is 350 g/mol. The Labute approximate surface area is 166 Å². The lowest BCUT2D eigenvalue weighted by Gasteiger charge is -2.28.